The summed E-state index contributed by atoms with van der Waals surface area (Å²) in [6, 6.07) is 0. The Morgan fingerprint density at radius 1 is 1.31 bits per heavy atom. The molecule has 0 aromatic rings. The van der Waals surface area contributed by atoms with Gasteiger partial charge >= 0.3 is 0 Å². The van der Waals surface area contributed by atoms with Crippen LogP contribution in [0.4, 0.5) is 0 Å². The average molecular weight is 215 g/mol. The highest BCUT2D eigenvalue weighted by atomic mass is 16.3. The summed E-state index contributed by atoms with van der Waals surface area (Å²) in [7, 11) is 0. The van der Waals surface area contributed by atoms with Crippen LogP contribution in [0.25, 0.3) is 0 Å². The molecule has 0 aromatic heterocycles. The van der Waals surface area contributed by atoms with E-state index in [1.54, 1.807) is 24.3 Å². The van der Waals surface area contributed by atoms with Crippen LogP contribution in [-0.4, -0.2) is 16.6 Å². The molecule has 0 aromatic carbocycles. The standard InChI is InChI=1S/C13H13NO2/c1-3-11(5-4-10(2)15)14-12-6-8-13(16)9-7-12/h3-9,15H,2H2,1H3/b5-4-,11-3+. The van der Waals surface area contributed by atoms with Gasteiger partial charge in [-0.15, -0.1) is 0 Å². The summed E-state index contributed by atoms with van der Waals surface area (Å²) < 4.78 is 0. The van der Waals surface area contributed by atoms with Crippen LogP contribution in [0, 0.1) is 0 Å². The van der Waals surface area contributed by atoms with Gasteiger partial charge in [-0.05, 0) is 43.4 Å². The summed E-state index contributed by atoms with van der Waals surface area (Å²) in [6.45, 7) is 5.18. The minimum Gasteiger partial charge on any atom is -0.509 e. The minimum atomic E-state index is -0.0414. The van der Waals surface area contributed by atoms with Crippen LogP contribution < -0.4 is 0 Å². The van der Waals surface area contributed by atoms with Crippen molar-refractivity contribution in [3.63, 3.8) is 0 Å². The Bertz CT molecular complexity index is 431. The molecular weight excluding hydrogens is 202 g/mol. The summed E-state index contributed by atoms with van der Waals surface area (Å²) >= 11 is 0. The highest BCUT2D eigenvalue weighted by Gasteiger charge is 1.99. The third-order valence-electron chi connectivity index (χ3n) is 1.84. The highest BCUT2D eigenvalue weighted by Crippen LogP contribution is 2.05. The highest BCUT2D eigenvalue weighted by molar-refractivity contribution is 6.16. The molecule has 3 nitrogen and oxygen atoms in total. The first-order valence-corrected chi connectivity index (χ1v) is 4.83. The largest absolute Gasteiger partial charge is 0.509 e. The van der Waals surface area contributed by atoms with E-state index in [4.69, 9.17) is 5.11 Å². The van der Waals surface area contributed by atoms with Crippen molar-refractivity contribution in [3.8, 4) is 0 Å². The Kier molecular flexibility index (Phi) is 4.21. The Morgan fingerprint density at radius 3 is 2.44 bits per heavy atom. The van der Waals surface area contributed by atoms with Crippen molar-refractivity contribution >= 4 is 11.5 Å². The van der Waals surface area contributed by atoms with Crippen molar-refractivity contribution < 1.29 is 9.90 Å². The summed E-state index contributed by atoms with van der Waals surface area (Å²) in [5.41, 5.74) is 1.38. The van der Waals surface area contributed by atoms with E-state index < -0.39 is 0 Å². The van der Waals surface area contributed by atoms with Gasteiger partial charge in [-0.2, -0.15) is 0 Å². The molecule has 0 spiro atoms. The van der Waals surface area contributed by atoms with Crippen LogP contribution in [0.2, 0.25) is 0 Å². The molecule has 82 valence electrons. The van der Waals surface area contributed by atoms with Crippen LogP contribution >= 0.6 is 0 Å². The smallest absolute Gasteiger partial charge is 0.178 e. The van der Waals surface area contributed by atoms with Gasteiger partial charge < -0.3 is 5.11 Å². The van der Waals surface area contributed by atoms with Gasteiger partial charge in [0.05, 0.1) is 11.4 Å². The quantitative estimate of drug-likeness (QED) is 0.447. The second-order valence-electron chi connectivity index (χ2n) is 3.14. The van der Waals surface area contributed by atoms with E-state index in [0.29, 0.717) is 11.4 Å². The molecule has 0 unspecified atom stereocenters. The summed E-state index contributed by atoms with van der Waals surface area (Å²) in [5.74, 6) is -0.0651. The van der Waals surface area contributed by atoms with Crippen molar-refractivity contribution in [2.75, 3.05) is 0 Å². The zero-order valence-electron chi connectivity index (χ0n) is 9.05. The van der Waals surface area contributed by atoms with Gasteiger partial charge in [-0.3, -0.25) is 4.79 Å². The summed E-state index contributed by atoms with van der Waals surface area (Å²) in [5, 5.41) is 8.91. The van der Waals surface area contributed by atoms with Crippen LogP contribution in [0.15, 0.2) is 65.6 Å². The fraction of sp³-hybridized carbons (Fsp3) is 0.0769. The maximum atomic E-state index is 10.9. The molecular formula is C13H13NO2. The molecule has 1 N–H and O–H groups in total. The number of nitrogens with zero attached hydrogens (tertiary/aromatic N) is 1. The zero-order valence-corrected chi connectivity index (χ0v) is 9.05. The first kappa shape index (κ1) is 11.9. The molecule has 0 radical (unpaired) electrons. The predicted molar refractivity (Wildman–Crippen MR) is 65.4 cm³/mol. The molecule has 0 bridgehead atoms. The van der Waals surface area contributed by atoms with Crippen LogP contribution in [0.1, 0.15) is 6.92 Å². The average Bonchev–Trinajstić information content (AvgIpc) is 2.26. The van der Waals surface area contributed by atoms with E-state index in [1.165, 1.54) is 18.2 Å². The summed E-state index contributed by atoms with van der Waals surface area (Å²) in [4.78, 5) is 15.2. The van der Waals surface area contributed by atoms with Gasteiger partial charge in [-0.25, -0.2) is 4.99 Å². The molecule has 0 aliphatic heterocycles. The molecule has 0 fully saturated rings. The number of aliphatic hydroxyl groups excluding tert-OH is 1. The van der Waals surface area contributed by atoms with E-state index >= 15 is 0 Å². The normalized spacial score (nSPS) is 15.9. The number of ketones is 1. The van der Waals surface area contributed by atoms with Gasteiger partial charge in [0.1, 0.15) is 5.76 Å². The molecule has 0 saturated heterocycles. The van der Waals surface area contributed by atoms with E-state index in [9.17, 15) is 4.79 Å². The molecule has 0 saturated carbocycles. The fourth-order valence-electron chi connectivity index (χ4n) is 1.05. The number of aliphatic imine (C=N–C) groups is 1. The lowest BCUT2D eigenvalue weighted by atomic mass is 10.1. The Labute approximate surface area is 94.5 Å². The Hall–Kier alpha value is -2.16. The second-order valence-corrected chi connectivity index (χ2v) is 3.14. The van der Waals surface area contributed by atoms with Crippen LogP contribution in [-0.2, 0) is 4.79 Å². The van der Waals surface area contributed by atoms with Crippen molar-refractivity contribution in [3.05, 3.63) is 60.6 Å². The first-order valence-electron chi connectivity index (χ1n) is 4.83. The van der Waals surface area contributed by atoms with E-state index in [2.05, 4.69) is 11.6 Å². The van der Waals surface area contributed by atoms with Gasteiger partial charge in [0.15, 0.2) is 5.78 Å². The number of carbonyl (C=O) groups is 1. The maximum absolute atomic E-state index is 10.9. The predicted octanol–water partition coefficient (Wildman–Crippen LogP) is 2.65. The summed E-state index contributed by atoms with van der Waals surface area (Å²) in [6.07, 6.45) is 11.1. The van der Waals surface area contributed by atoms with Gasteiger partial charge in [0.2, 0.25) is 0 Å². The number of rotatable bonds is 3. The Morgan fingerprint density at radius 2 is 1.94 bits per heavy atom. The number of aliphatic hydroxyl groups is 1. The monoisotopic (exact) mass is 215 g/mol. The van der Waals surface area contributed by atoms with E-state index in [1.807, 2.05) is 6.92 Å². The van der Waals surface area contributed by atoms with Gasteiger partial charge in [0.25, 0.3) is 0 Å². The third-order valence-corrected chi connectivity index (χ3v) is 1.84. The molecule has 0 amide bonds. The van der Waals surface area contributed by atoms with Crippen LogP contribution in [0.5, 0.6) is 0 Å². The molecule has 1 aliphatic rings. The lowest BCUT2D eigenvalue weighted by Gasteiger charge is -1.99. The molecule has 1 aliphatic carbocycles. The Balaban J connectivity index is 2.82. The minimum absolute atomic E-state index is 0.0237. The van der Waals surface area contributed by atoms with Gasteiger partial charge in [0, 0.05) is 0 Å². The maximum Gasteiger partial charge on any atom is 0.178 e. The van der Waals surface area contributed by atoms with E-state index in [-0.39, 0.29) is 11.5 Å². The lowest BCUT2D eigenvalue weighted by Crippen LogP contribution is -1.99. The number of allylic oxidation sites excluding steroid dienone is 7. The molecule has 0 atom stereocenters. The van der Waals surface area contributed by atoms with Gasteiger partial charge in [-0.1, -0.05) is 12.7 Å². The van der Waals surface area contributed by atoms with Crippen molar-refractivity contribution in [2.24, 2.45) is 4.99 Å². The fourth-order valence-corrected chi connectivity index (χ4v) is 1.05. The first-order chi connectivity index (χ1) is 7.61. The zero-order chi connectivity index (χ0) is 12.0. The third kappa shape index (κ3) is 3.92. The molecule has 0 heterocycles. The topological polar surface area (TPSA) is 49.7 Å². The lowest BCUT2D eigenvalue weighted by molar-refractivity contribution is -0.110. The molecule has 3 heteroatoms. The number of hydrogen-bond donors (Lipinski definition) is 1. The SMILES string of the molecule is C=C(O)/C=C\C(=C/C)N=C1C=CC(=O)C=C1. The molecule has 16 heavy (non-hydrogen) atoms. The number of carbonyl (C=O) groups excluding carboxylic acids is 1. The number of hydrogen-bond acceptors (Lipinski definition) is 3. The molecule has 1 rings (SSSR count). The van der Waals surface area contributed by atoms with E-state index in [0.717, 1.165) is 0 Å². The van der Waals surface area contributed by atoms with Crippen LogP contribution in [0.3, 0.4) is 0 Å². The van der Waals surface area contributed by atoms with Crippen molar-refractivity contribution in [1.29, 1.82) is 0 Å². The van der Waals surface area contributed by atoms with Crippen molar-refractivity contribution in [2.45, 2.75) is 6.92 Å². The van der Waals surface area contributed by atoms with Crippen molar-refractivity contribution in [1.82, 2.24) is 0 Å². The second kappa shape index (κ2) is 5.66.